The molecule has 0 radical (unpaired) electrons. The Morgan fingerprint density at radius 1 is 1.31 bits per heavy atom. The molecule has 5 nitrogen and oxygen atoms in total. The summed E-state index contributed by atoms with van der Waals surface area (Å²) >= 11 is 0. The van der Waals surface area contributed by atoms with Gasteiger partial charge in [0.05, 0.1) is 25.9 Å². The maximum Gasteiger partial charge on any atom is 0.234 e. The number of morpholine rings is 1. The minimum Gasteiger partial charge on any atom is -0.379 e. The number of amides is 1. The molecule has 0 saturated carbocycles. The van der Waals surface area contributed by atoms with E-state index in [2.05, 4.69) is 10.2 Å². The van der Waals surface area contributed by atoms with Crippen LogP contribution in [0.4, 0.5) is 0 Å². The second-order valence-corrected chi connectivity index (χ2v) is 4.33. The highest BCUT2D eigenvalue weighted by molar-refractivity contribution is 5.78. The van der Waals surface area contributed by atoms with Gasteiger partial charge in [-0.1, -0.05) is 0 Å². The average Bonchev–Trinajstić information content (AvgIpc) is 2.81. The number of carbonyl (C=O) groups is 1. The van der Waals surface area contributed by atoms with E-state index in [-0.39, 0.29) is 12.0 Å². The molecule has 2 aliphatic rings. The number of rotatable bonds is 4. The van der Waals surface area contributed by atoms with Gasteiger partial charge in [-0.3, -0.25) is 9.69 Å². The van der Waals surface area contributed by atoms with E-state index in [0.717, 1.165) is 45.8 Å². The van der Waals surface area contributed by atoms with Gasteiger partial charge in [0.1, 0.15) is 0 Å². The van der Waals surface area contributed by atoms with Crippen LogP contribution in [0.5, 0.6) is 0 Å². The molecule has 5 heteroatoms. The second-order valence-electron chi connectivity index (χ2n) is 4.33. The molecule has 1 amide bonds. The SMILES string of the molecule is O=C(CN1CCOCC1)NCC1CCCO1. The van der Waals surface area contributed by atoms with E-state index in [4.69, 9.17) is 9.47 Å². The molecular formula is C11H20N2O3. The van der Waals surface area contributed by atoms with Crippen LogP contribution in [0.3, 0.4) is 0 Å². The van der Waals surface area contributed by atoms with Crippen molar-refractivity contribution in [3.8, 4) is 0 Å². The fourth-order valence-electron chi connectivity index (χ4n) is 2.05. The van der Waals surface area contributed by atoms with Crippen LogP contribution in [-0.2, 0) is 14.3 Å². The van der Waals surface area contributed by atoms with Crippen LogP contribution in [0.15, 0.2) is 0 Å². The van der Waals surface area contributed by atoms with Crippen LogP contribution < -0.4 is 5.32 Å². The highest BCUT2D eigenvalue weighted by Crippen LogP contribution is 2.10. The van der Waals surface area contributed by atoms with Gasteiger partial charge in [0.2, 0.25) is 5.91 Å². The molecular weight excluding hydrogens is 208 g/mol. The van der Waals surface area contributed by atoms with Gasteiger partial charge in [-0.05, 0) is 12.8 Å². The molecule has 2 heterocycles. The highest BCUT2D eigenvalue weighted by atomic mass is 16.5. The van der Waals surface area contributed by atoms with Crippen LogP contribution in [0.2, 0.25) is 0 Å². The Bertz CT molecular complexity index is 223. The molecule has 1 unspecified atom stereocenters. The Labute approximate surface area is 96.1 Å². The van der Waals surface area contributed by atoms with E-state index < -0.39 is 0 Å². The van der Waals surface area contributed by atoms with Crippen LogP contribution in [0.1, 0.15) is 12.8 Å². The highest BCUT2D eigenvalue weighted by Gasteiger charge is 2.18. The van der Waals surface area contributed by atoms with Crippen molar-refractivity contribution in [1.82, 2.24) is 10.2 Å². The Kier molecular flexibility index (Phi) is 4.56. The smallest absolute Gasteiger partial charge is 0.234 e. The Balaban J connectivity index is 1.59. The lowest BCUT2D eigenvalue weighted by molar-refractivity contribution is -0.123. The maximum atomic E-state index is 11.6. The van der Waals surface area contributed by atoms with Crippen molar-refractivity contribution in [3.05, 3.63) is 0 Å². The first-order valence-electron chi connectivity index (χ1n) is 6.03. The molecule has 2 aliphatic heterocycles. The predicted octanol–water partition coefficient (Wildman–Crippen LogP) is -0.386. The summed E-state index contributed by atoms with van der Waals surface area (Å²) in [5, 5.41) is 2.93. The molecule has 1 N–H and O–H groups in total. The molecule has 92 valence electrons. The number of nitrogens with zero attached hydrogens (tertiary/aromatic N) is 1. The van der Waals surface area contributed by atoms with Crippen LogP contribution >= 0.6 is 0 Å². The number of carbonyl (C=O) groups excluding carboxylic acids is 1. The summed E-state index contributed by atoms with van der Waals surface area (Å²) in [7, 11) is 0. The number of ether oxygens (including phenoxy) is 2. The van der Waals surface area contributed by atoms with Crippen LogP contribution in [0.25, 0.3) is 0 Å². The van der Waals surface area contributed by atoms with Crippen LogP contribution in [-0.4, -0.2) is 62.9 Å². The van der Waals surface area contributed by atoms with Crippen molar-refractivity contribution in [2.45, 2.75) is 18.9 Å². The molecule has 1 atom stereocenters. The van der Waals surface area contributed by atoms with E-state index in [0.29, 0.717) is 13.1 Å². The lowest BCUT2D eigenvalue weighted by atomic mass is 10.2. The van der Waals surface area contributed by atoms with E-state index in [1.807, 2.05) is 0 Å². The molecule has 0 spiro atoms. The first-order chi connectivity index (χ1) is 7.84. The Morgan fingerprint density at radius 3 is 2.81 bits per heavy atom. The van der Waals surface area contributed by atoms with Gasteiger partial charge in [-0.2, -0.15) is 0 Å². The Hall–Kier alpha value is -0.650. The zero-order valence-electron chi connectivity index (χ0n) is 9.61. The van der Waals surface area contributed by atoms with E-state index >= 15 is 0 Å². The zero-order valence-corrected chi connectivity index (χ0v) is 9.61. The molecule has 0 aromatic rings. The summed E-state index contributed by atoms with van der Waals surface area (Å²) in [6.07, 6.45) is 2.41. The fourth-order valence-corrected chi connectivity index (χ4v) is 2.05. The lowest BCUT2D eigenvalue weighted by Gasteiger charge is -2.26. The van der Waals surface area contributed by atoms with Gasteiger partial charge >= 0.3 is 0 Å². The lowest BCUT2D eigenvalue weighted by Crippen LogP contribution is -2.44. The largest absolute Gasteiger partial charge is 0.379 e. The van der Waals surface area contributed by atoms with Gasteiger partial charge in [0.25, 0.3) is 0 Å². The van der Waals surface area contributed by atoms with E-state index in [1.54, 1.807) is 0 Å². The maximum absolute atomic E-state index is 11.6. The standard InChI is InChI=1S/C11H20N2O3/c14-11(9-13-3-6-15-7-4-13)12-8-10-2-1-5-16-10/h10H,1-9H2,(H,12,14). The monoisotopic (exact) mass is 228 g/mol. The first kappa shape index (κ1) is 11.8. The molecule has 2 rings (SSSR count). The quantitative estimate of drug-likeness (QED) is 0.712. The van der Waals surface area contributed by atoms with Crippen molar-refractivity contribution in [3.63, 3.8) is 0 Å². The van der Waals surface area contributed by atoms with Crippen LogP contribution in [0, 0.1) is 0 Å². The van der Waals surface area contributed by atoms with Crippen molar-refractivity contribution >= 4 is 5.91 Å². The third kappa shape index (κ3) is 3.73. The summed E-state index contributed by atoms with van der Waals surface area (Å²) in [6, 6.07) is 0. The summed E-state index contributed by atoms with van der Waals surface area (Å²) < 4.78 is 10.7. The van der Waals surface area contributed by atoms with Gasteiger partial charge in [0, 0.05) is 26.2 Å². The van der Waals surface area contributed by atoms with Gasteiger partial charge in [-0.15, -0.1) is 0 Å². The Morgan fingerprint density at radius 2 is 2.12 bits per heavy atom. The number of hydrogen-bond donors (Lipinski definition) is 1. The van der Waals surface area contributed by atoms with Gasteiger partial charge in [0.15, 0.2) is 0 Å². The van der Waals surface area contributed by atoms with E-state index in [1.165, 1.54) is 0 Å². The molecule has 0 aromatic carbocycles. The summed E-state index contributed by atoms with van der Waals surface area (Å²) in [4.78, 5) is 13.7. The summed E-state index contributed by atoms with van der Waals surface area (Å²) in [6.45, 7) is 5.15. The summed E-state index contributed by atoms with van der Waals surface area (Å²) in [5.41, 5.74) is 0. The van der Waals surface area contributed by atoms with Crippen molar-refractivity contribution < 1.29 is 14.3 Å². The predicted molar refractivity (Wildman–Crippen MR) is 59.2 cm³/mol. The normalized spacial score (nSPS) is 26.9. The minimum atomic E-state index is 0.0948. The molecule has 0 aliphatic carbocycles. The molecule has 16 heavy (non-hydrogen) atoms. The second kappa shape index (κ2) is 6.18. The minimum absolute atomic E-state index is 0.0948. The van der Waals surface area contributed by atoms with E-state index in [9.17, 15) is 4.79 Å². The molecule has 0 aromatic heterocycles. The van der Waals surface area contributed by atoms with Crippen molar-refractivity contribution in [2.75, 3.05) is 46.0 Å². The zero-order chi connectivity index (χ0) is 11.2. The molecule has 0 bridgehead atoms. The number of nitrogens with one attached hydrogen (secondary N) is 1. The fraction of sp³-hybridized carbons (Fsp3) is 0.909. The number of hydrogen-bond acceptors (Lipinski definition) is 4. The topological polar surface area (TPSA) is 50.8 Å². The summed E-state index contributed by atoms with van der Waals surface area (Å²) in [5.74, 6) is 0.0948. The molecule has 2 fully saturated rings. The van der Waals surface area contributed by atoms with Gasteiger partial charge in [-0.25, -0.2) is 0 Å². The third-order valence-electron chi connectivity index (χ3n) is 3.02. The first-order valence-corrected chi connectivity index (χ1v) is 6.03. The van der Waals surface area contributed by atoms with Crippen molar-refractivity contribution in [2.24, 2.45) is 0 Å². The average molecular weight is 228 g/mol. The molecule has 2 saturated heterocycles. The van der Waals surface area contributed by atoms with Gasteiger partial charge < -0.3 is 14.8 Å². The third-order valence-corrected chi connectivity index (χ3v) is 3.02. The van der Waals surface area contributed by atoms with Crippen molar-refractivity contribution in [1.29, 1.82) is 0 Å².